The van der Waals surface area contributed by atoms with Gasteiger partial charge in [0.2, 0.25) is 0 Å². The molecule has 4 heteroatoms. The third-order valence-electron chi connectivity index (χ3n) is 2.86. The Hall–Kier alpha value is -0.940. The summed E-state index contributed by atoms with van der Waals surface area (Å²) < 4.78 is 16.1. The molecule has 0 aliphatic rings. The molecule has 0 aliphatic heterocycles. The van der Waals surface area contributed by atoms with Crippen molar-refractivity contribution < 1.29 is 19.3 Å². The summed E-state index contributed by atoms with van der Waals surface area (Å²) in [6.07, 6.45) is -0.530. The normalized spacial score (nSPS) is 13.6. The van der Waals surface area contributed by atoms with E-state index in [1.807, 2.05) is 30.3 Å². The van der Waals surface area contributed by atoms with E-state index in [1.165, 1.54) is 14.2 Å². The van der Waals surface area contributed by atoms with Crippen molar-refractivity contribution in [1.82, 2.24) is 0 Å². The van der Waals surface area contributed by atoms with Crippen LogP contribution in [0.5, 0.6) is 0 Å². The van der Waals surface area contributed by atoms with Gasteiger partial charge >= 0.3 is 0 Å². The second kappa shape index (κ2) is 6.71. The number of methoxy groups -OCH3 is 2. The molecule has 1 atom stereocenters. The molecule has 1 aromatic carbocycles. The van der Waals surface area contributed by atoms with Crippen LogP contribution in [0.3, 0.4) is 0 Å². The molecule has 1 unspecified atom stereocenters. The Morgan fingerprint density at radius 1 is 1.18 bits per heavy atom. The number of benzene rings is 1. The number of rotatable bonds is 7. The van der Waals surface area contributed by atoms with Crippen LogP contribution in [-0.2, 0) is 20.8 Å². The van der Waals surface area contributed by atoms with Crippen molar-refractivity contribution in [3.8, 4) is 0 Å². The molecule has 0 radical (unpaired) electrons. The van der Waals surface area contributed by atoms with Gasteiger partial charge in [0.1, 0.15) is 6.10 Å². The van der Waals surface area contributed by atoms with Crippen LogP contribution in [0, 0.1) is 0 Å². The van der Waals surface area contributed by atoms with E-state index in [-0.39, 0.29) is 6.61 Å². The van der Waals surface area contributed by atoms with Crippen LogP contribution in [0.4, 0.5) is 0 Å². The third kappa shape index (κ3) is 3.78. The van der Waals surface area contributed by atoms with Crippen LogP contribution >= 0.6 is 0 Å². The zero-order valence-electron chi connectivity index (χ0n) is 10.6. The van der Waals surface area contributed by atoms with E-state index in [0.29, 0.717) is 6.61 Å². The van der Waals surface area contributed by atoms with E-state index < -0.39 is 11.9 Å². The van der Waals surface area contributed by atoms with Gasteiger partial charge in [-0.3, -0.25) is 0 Å². The lowest BCUT2D eigenvalue weighted by molar-refractivity contribution is -0.267. The van der Waals surface area contributed by atoms with Crippen LogP contribution in [0.15, 0.2) is 30.3 Å². The van der Waals surface area contributed by atoms with Gasteiger partial charge in [0.15, 0.2) is 5.79 Å². The highest BCUT2D eigenvalue weighted by Crippen LogP contribution is 2.19. The van der Waals surface area contributed by atoms with E-state index in [1.54, 1.807) is 6.92 Å². The highest BCUT2D eigenvalue weighted by atomic mass is 16.7. The van der Waals surface area contributed by atoms with Gasteiger partial charge in [-0.05, 0) is 12.5 Å². The van der Waals surface area contributed by atoms with E-state index >= 15 is 0 Å². The van der Waals surface area contributed by atoms with Gasteiger partial charge in [-0.1, -0.05) is 30.3 Å². The van der Waals surface area contributed by atoms with Crippen molar-refractivity contribution in [2.24, 2.45) is 0 Å². The minimum Gasteiger partial charge on any atom is -0.393 e. The van der Waals surface area contributed by atoms with Crippen LogP contribution in [0.25, 0.3) is 0 Å². The molecule has 0 fully saturated rings. The predicted molar refractivity (Wildman–Crippen MR) is 64.5 cm³/mol. The first kappa shape index (κ1) is 14.1. The Balaban J connectivity index is 2.59. The van der Waals surface area contributed by atoms with E-state index in [4.69, 9.17) is 14.2 Å². The van der Waals surface area contributed by atoms with Crippen LogP contribution < -0.4 is 0 Å². The first-order valence-electron chi connectivity index (χ1n) is 5.53. The molecule has 0 saturated carbocycles. The number of aliphatic hydroxyl groups is 1. The average molecular weight is 240 g/mol. The van der Waals surface area contributed by atoms with Gasteiger partial charge in [0.25, 0.3) is 0 Å². The van der Waals surface area contributed by atoms with Crippen LogP contribution in [0.2, 0.25) is 0 Å². The minimum absolute atomic E-state index is 0.162. The maximum atomic E-state index is 9.32. The van der Waals surface area contributed by atoms with Gasteiger partial charge in [-0.15, -0.1) is 0 Å². The van der Waals surface area contributed by atoms with E-state index in [9.17, 15) is 5.11 Å². The molecule has 0 spiro atoms. The first-order valence-corrected chi connectivity index (χ1v) is 5.53. The molecule has 0 bridgehead atoms. The fourth-order valence-corrected chi connectivity index (χ4v) is 1.49. The quantitative estimate of drug-likeness (QED) is 0.735. The summed E-state index contributed by atoms with van der Waals surface area (Å²) in [6.45, 7) is 1.98. The SMILES string of the molecule is COC(C)(OC)C(CO)OCc1ccccc1. The van der Waals surface area contributed by atoms with Gasteiger partial charge in [0.05, 0.1) is 13.2 Å². The Kier molecular flexibility index (Phi) is 5.58. The molecule has 0 aromatic heterocycles. The predicted octanol–water partition coefficient (Wildman–Crippen LogP) is 1.57. The van der Waals surface area contributed by atoms with Gasteiger partial charge in [0, 0.05) is 14.2 Å². The minimum atomic E-state index is -0.941. The summed E-state index contributed by atoms with van der Waals surface area (Å²) in [5, 5.41) is 9.32. The van der Waals surface area contributed by atoms with Crippen molar-refractivity contribution in [2.45, 2.75) is 25.4 Å². The monoisotopic (exact) mass is 240 g/mol. The molecule has 0 heterocycles. The highest BCUT2D eigenvalue weighted by molar-refractivity contribution is 5.13. The number of hydrogen-bond donors (Lipinski definition) is 1. The van der Waals surface area contributed by atoms with Crippen molar-refractivity contribution in [2.75, 3.05) is 20.8 Å². The topological polar surface area (TPSA) is 47.9 Å². The molecular formula is C13H20O4. The lowest BCUT2D eigenvalue weighted by atomic mass is 10.1. The Labute approximate surface area is 102 Å². The summed E-state index contributed by atoms with van der Waals surface area (Å²) in [6, 6.07) is 9.76. The summed E-state index contributed by atoms with van der Waals surface area (Å²) >= 11 is 0. The highest BCUT2D eigenvalue weighted by Gasteiger charge is 2.34. The Morgan fingerprint density at radius 3 is 2.24 bits per heavy atom. The second-order valence-electron chi connectivity index (χ2n) is 3.89. The van der Waals surface area contributed by atoms with E-state index in [0.717, 1.165) is 5.56 Å². The summed E-state index contributed by atoms with van der Waals surface area (Å²) in [4.78, 5) is 0. The smallest absolute Gasteiger partial charge is 0.193 e. The molecule has 0 saturated heterocycles. The van der Waals surface area contributed by atoms with Gasteiger partial charge in [-0.25, -0.2) is 0 Å². The first-order chi connectivity index (χ1) is 8.16. The molecule has 17 heavy (non-hydrogen) atoms. The number of ether oxygens (including phenoxy) is 3. The van der Waals surface area contributed by atoms with Crippen molar-refractivity contribution >= 4 is 0 Å². The third-order valence-corrected chi connectivity index (χ3v) is 2.86. The van der Waals surface area contributed by atoms with Gasteiger partial charge < -0.3 is 19.3 Å². The molecule has 4 nitrogen and oxygen atoms in total. The average Bonchev–Trinajstić information content (AvgIpc) is 2.40. The number of hydrogen-bond acceptors (Lipinski definition) is 4. The lowest BCUT2D eigenvalue weighted by Gasteiger charge is -2.33. The fraction of sp³-hybridized carbons (Fsp3) is 0.538. The lowest BCUT2D eigenvalue weighted by Crippen LogP contribution is -2.46. The van der Waals surface area contributed by atoms with Crippen molar-refractivity contribution in [1.29, 1.82) is 0 Å². The van der Waals surface area contributed by atoms with Crippen molar-refractivity contribution in [3.63, 3.8) is 0 Å². The Bertz CT molecular complexity index is 308. The molecular weight excluding hydrogens is 220 g/mol. The zero-order valence-corrected chi connectivity index (χ0v) is 10.6. The zero-order chi connectivity index (χ0) is 12.7. The molecule has 1 N–H and O–H groups in total. The van der Waals surface area contributed by atoms with Crippen LogP contribution in [0.1, 0.15) is 12.5 Å². The Morgan fingerprint density at radius 2 is 1.76 bits per heavy atom. The molecule has 1 rings (SSSR count). The standard InChI is InChI=1S/C13H20O4/c1-13(15-2,16-3)12(9-14)17-10-11-7-5-4-6-8-11/h4-8,12,14H,9-10H2,1-3H3. The fourth-order valence-electron chi connectivity index (χ4n) is 1.49. The van der Waals surface area contributed by atoms with E-state index in [2.05, 4.69) is 0 Å². The maximum absolute atomic E-state index is 9.32. The van der Waals surface area contributed by atoms with Crippen molar-refractivity contribution in [3.05, 3.63) is 35.9 Å². The number of aliphatic hydroxyl groups excluding tert-OH is 1. The molecule has 1 aromatic rings. The summed E-state index contributed by atoms with van der Waals surface area (Å²) in [5.41, 5.74) is 1.04. The maximum Gasteiger partial charge on any atom is 0.193 e. The summed E-state index contributed by atoms with van der Waals surface area (Å²) in [5.74, 6) is -0.941. The molecule has 0 amide bonds. The molecule has 0 aliphatic carbocycles. The van der Waals surface area contributed by atoms with Gasteiger partial charge in [-0.2, -0.15) is 0 Å². The molecule has 96 valence electrons. The largest absolute Gasteiger partial charge is 0.393 e. The second-order valence-corrected chi connectivity index (χ2v) is 3.89. The van der Waals surface area contributed by atoms with Crippen LogP contribution in [-0.4, -0.2) is 37.8 Å². The summed E-state index contributed by atoms with van der Waals surface area (Å²) in [7, 11) is 3.05.